The van der Waals surface area contributed by atoms with Gasteiger partial charge >= 0.3 is 6.36 Å². The van der Waals surface area contributed by atoms with Crippen molar-refractivity contribution in [2.24, 2.45) is 0 Å². The quantitative estimate of drug-likeness (QED) is 0.462. The first-order valence-electron chi connectivity index (χ1n) is 9.65. The lowest BCUT2D eigenvalue weighted by Gasteiger charge is -2.10. The zero-order valence-corrected chi connectivity index (χ0v) is 17.9. The lowest BCUT2D eigenvalue weighted by atomic mass is 10.2. The van der Waals surface area contributed by atoms with Crippen LogP contribution in [0, 0.1) is 0 Å². The fourth-order valence-electron chi connectivity index (χ4n) is 2.57. The van der Waals surface area contributed by atoms with Gasteiger partial charge in [0.05, 0.1) is 6.54 Å². The number of thiazole rings is 1. The highest BCUT2D eigenvalue weighted by Gasteiger charge is 2.31. The lowest BCUT2D eigenvalue weighted by molar-refractivity contribution is -0.274. The fourth-order valence-corrected chi connectivity index (χ4v) is 3.28. The van der Waals surface area contributed by atoms with Crippen LogP contribution in [0.25, 0.3) is 0 Å². The first-order chi connectivity index (χ1) is 15.8. The predicted molar refractivity (Wildman–Crippen MR) is 113 cm³/mol. The maximum absolute atomic E-state index is 12.2. The Balaban J connectivity index is 1.37. The van der Waals surface area contributed by atoms with E-state index in [1.807, 2.05) is 12.1 Å². The van der Waals surface area contributed by atoms with Crippen LogP contribution in [0.3, 0.4) is 0 Å². The summed E-state index contributed by atoms with van der Waals surface area (Å²) in [5, 5.41) is 7.53. The van der Waals surface area contributed by atoms with Gasteiger partial charge in [-0.3, -0.25) is 14.6 Å². The number of pyridine rings is 1. The number of nitrogens with zero attached hydrogens (tertiary/aromatic N) is 2. The summed E-state index contributed by atoms with van der Waals surface area (Å²) >= 11 is 1.23. The molecule has 0 radical (unpaired) electrons. The summed E-state index contributed by atoms with van der Waals surface area (Å²) < 4.78 is 45.4. The van der Waals surface area contributed by atoms with Gasteiger partial charge in [-0.05, 0) is 48.4 Å². The van der Waals surface area contributed by atoms with E-state index in [2.05, 4.69) is 25.3 Å². The predicted octanol–water partition coefficient (Wildman–Crippen LogP) is 3.10. The van der Waals surface area contributed by atoms with E-state index in [0.29, 0.717) is 18.0 Å². The highest BCUT2D eigenvalue weighted by Crippen LogP contribution is 2.24. The summed E-state index contributed by atoms with van der Waals surface area (Å²) in [6.45, 7) is 0.218. The molecular weight excluding hydrogens is 461 g/mol. The lowest BCUT2D eigenvalue weighted by Crippen LogP contribution is -2.28. The van der Waals surface area contributed by atoms with Crippen molar-refractivity contribution >= 4 is 23.2 Å². The third-order valence-electron chi connectivity index (χ3n) is 4.10. The number of nitrogens with one attached hydrogen (secondary N) is 2. The van der Waals surface area contributed by atoms with Crippen molar-refractivity contribution < 1.29 is 32.2 Å². The van der Waals surface area contributed by atoms with E-state index in [4.69, 9.17) is 4.74 Å². The second kappa shape index (κ2) is 11.3. The molecule has 0 saturated heterocycles. The minimum Gasteiger partial charge on any atom is -0.484 e. The van der Waals surface area contributed by atoms with Gasteiger partial charge in [0.25, 0.3) is 11.8 Å². The minimum atomic E-state index is -4.78. The van der Waals surface area contributed by atoms with E-state index in [0.717, 1.165) is 17.7 Å². The van der Waals surface area contributed by atoms with Gasteiger partial charge in [-0.1, -0.05) is 0 Å². The number of carbonyl (C=O) groups is 2. The molecule has 0 atom stereocenters. The number of aromatic nitrogens is 2. The summed E-state index contributed by atoms with van der Waals surface area (Å²) in [4.78, 5) is 32.3. The smallest absolute Gasteiger partial charge is 0.484 e. The molecule has 0 saturated carbocycles. The number of benzene rings is 1. The van der Waals surface area contributed by atoms with Crippen molar-refractivity contribution in [1.29, 1.82) is 0 Å². The van der Waals surface area contributed by atoms with Gasteiger partial charge in [-0.2, -0.15) is 0 Å². The van der Waals surface area contributed by atoms with Crippen LogP contribution in [-0.2, 0) is 17.8 Å². The molecule has 1 aromatic carbocycles. The summed E-state index contributed by atoms with van der Waals surface area (Å²) in [7, 11) is 0. The third kappa shape index (κ3) is 8.41. The van der Waals surface area contributed by atoms with Gasteiger partial charge < -0.3 is 20.1 Å². The van der Waals surface area contributed by atoms with E-state index in [9.17, 15) is 22.8 Å². The molecule has 2 amide bonds. The van der Waals surface area contributed by atoms with E-state index in [1.54, 1.807) is 17.8 Å². The van der Waals surface area contributed by atoms with Gasteiger partial charge in [-0.25, -0.2) is 4.98 Å². The van der Waals surface area contributed by atoms with Crippen LogP contribution in [0.2, 0.25) is 0 Å². The van der Waals surface area contributed by atoms with Crippen molar-refractivity contribution in [2.75, 3.05) is 13.2 Å². The second-order valence-corrected chi connectivity index (χ2v) is 7.52. The standard InChI is InChI=1S/C21H19F3N4O4S/c22-21(23,24)32-16-3-1-15(2-4-16)31-12-18(29)27-11-19-28-17(13-33-19)20(30)26-10-7-14-5-8-25-9-6-14/h1-6,8-9,13H,7,10-12H2,(H,26,30)(H,27,29). The van der Waals surface area contributed by atoms with Crippen LogP contribution in [0.15, 0.2) is 54.2 Å². The first-order valence-corrected chi connectivity index (χ1v) is 10.5. The first kappa shape index (κ1) is 24.0. The van der Waals surface area contributed by atoms with Gasteiger partial charge in [0.1, 0.15) is 22.2 Å². The van der Waals surface area contributed by atoms with Gasteiger partial charge in [0.15, 0.2) is 6.61 Å². The summed E-state index contributed by atoms with van der Waals surface area (Å²) in [6, 6.07) is 8.43. The normalized spacial score (nSPS) is 11.0. The maximum atomic E-state index is 12.2. The maximum Gasteiger partial charge on any atom is 0.573 e. The Bertz CT molecular complexity index is 1060. The average molecular weight is 480 g/mol. The number of rotatable bonds is 10. The molecule has 174 valence electrons. The van der Waals surface area contributed by atoms with E-state index in [1.165, 1.54) is 23.5 Å². The molecule has 3 aromatic rings. The number of ether oxygens (including phenoxy) is 2. The molecule has 0 bridgehead atoms. The van der Waals surface area contributed by atoms with Crippen molar-refractivity contribution in [1.82, 2.24) is 20.6 Å². The Morgan fingerprint density at radius 3 is 2.39 bits per heavy atom. The number of hydrogen-bond donors (Lipinski definition) is 2. The summed E-state index contributed by atoms with van der Waals surface area (Å²) in [5.74, 6) is -0.941. The molecule has 0 aliphatic carbocycles. The zero-order chi connectivity index (χ0) is 23.7. The number of halogens is 3. The molecule has 33 heavy (non-hydrogen) atoms. The van der Waals surface area contributed by atoms with Crippen LogP contribution in [0.1, 0.15) is 21.1 Å². The molecule has 0 aliphatic heterocycles. The number of carbonyl (C=O) groups excluding carboxylic acids is 2. The molecule has 3 rings (SSSR count). The van der Waals surface area contributed by atoms with Crippen LogP contribution in [-0.4, -0.2) is 41.3 Å². The van der Waals surface area contributed by atoms with Gasteiger partial charge in [-0.15, -0.1) is 24.5 Å². The summed E-state index contributed by atoms with van der Waals surface area (Å²) in [6.07, 6.45) is -0.739. The molecule has 2 heterocycles. The monoisotopic (exact) mass is 480 g/mol. The highest BCUT2D eigenvalue weighted by atomic mass is 32.1. The Morgan fingerprint density at radius 2 is 1.70 bits per heavy atom. The number of amides is 2. The molecule has 0 spiro atoms. The van der Waals surface area contributed by atoms with Crippen molar-refractivity contribution in [3.8, 4) is 11.5 Å². The van der Waals surface area contributed by atoms with E-state index >= 15 is 0 Å². The Labute approximate surface area is 190 Å². The Kier molecular flexibility index (Phi) is 8.19. The molecular formula is C21H19F3N4O4S. The van der Waals surface area contributed by atoms with E-state index < -0.39 is 12.3 Å². The molecule has 2 aromatic heterocycles. The largest absolute Gasteiger partial charge is 0.573 e. The van der Waals surface area contributed by atoms with Crippen molar-refractivity contribution in [3.63, 3.8) is 0 Å². The molecule has 12 heteroatoms. The fraction of sp³-hybridized carbons (Fsp3) is 0.238. The van der Waals surface area contributed by atoms with Crippen molar-refractivity contribution in [2.45, 2.75) is 19.3 Å². The van der Waals surface area contributed by atoms with Crippen LogP contribution >= 0.6 is 11.3 Å². The Hall–Kier alpha value is -3.67. The van der Waals surface area contributed by atoms with Crippen LogP contribution in [0.4, 0.5) is 13.2 Å². The number of alkyl halides is 3. The molecule has 8 nitrogen and oxygen atoms in total. The molecule has 0 fully saturated rings. The minimum absolute atomic E-state index is 0.107. The SMILES string of the molecule is O=C(COc1ccc(OC(F)(F)F)cc1)NCc1nc(C(=O)NCCc2ccncc2)cs1. The van der Waals surface area contributed by atoms with Crippen LogP contribution < -0.4 is 20.1 Å². The van der Waals surface area contributed by atoms with Crippen LogP contribution in [0.5, 0.6) is 11.5 Å². The number of hydrogen-bond acceptors (Lipinski definition) is 7. The average Bonchev–Trinajstić information content (AvgIpc) is 3.26. The molecule has 2 N–H and O–H groups in total. The topological polar surface area (TPSA) is 102 Å². The Morgan fingerprint density at radius 1 is 1.00 bits per heavy atom. The van der Waals surface area contributed by atoms with Gasteiger partial charge in [0.2, 0.25) is 0 Å². The second-order valence-electron chi connectivity index (χ2n) is 6.57. The molecule has 0 aliphatic rings. The van der Waals surface area contributed by atoms with Crippen molar-refractivity contribution in [3.05, 3.63) is 70.4 Å². The molecule has 0 unspecified atom stereocenters. The summed E-state index contributed by atoms with van der Waals surface area (Å²) in [5.41, 5.74) is 1.32. The zero-order valence-electron chi connectivity index (χ0n) is 17.1. The highest BCUT2D eigenvalue weighted by molar-refractivity contribution is 7.09. The third-order valence-corrected chi connectivity index (χ3v) is 4.95. The van der Waals surface area contributed by atoms with E-state index in [-0.39, 0.29) is 36.3 Å². The van der Waals surface area contributed by atoms with Gasteiger partial charge in [0, 0.05) is 24.3 Å².